The fourth-order valence-electron chi connectivity index (χ4n) is 3.93. The van der Waals surface area contributed by atoms with E-state index in [2.05, 4.69) is 10.0 Å². The molecule has 0 unspecified atom stereocenters. The standard InChI is InChI=1S/C26H31ClN2O6S/c1-34-24-12-10-20(25(27)26(24)35-2)21(14-17-7-5-4-6-8-17)28-16-19(30)13-18-9-11-23(31)22(15-18)29-36(3,32)33/h4-12,15,19,21,28-31H,13-14,16H2,1-3H3/t19-,21+/m0/s1. The molecule has 2 atom stereocenters. The van der Waals surface area contributed by atoms with Gasteiger partial charge in [0.1, 0.15) is 5.75 Å². The van der Waals surface area contributed by atoms with Crippen LogP contribution in [0.1, 0.15) is 22.7 Å². The number of nitrogens with one attached hydrogen (secondary N) is 2. The third kappa shape index (κ3) is 7.51. The Morgan fingerprint density at radius 1 is 0.972 bits per heavy atom. The highest BCUT2D eigenvalue weighted by atomic mass is 35.5. The van der Waals surface area contributed by atoms with Gasteiger partial charge in [0.2, 0.25) is 10.0 Å². The van der Waals surface area contributed by atoms with Gasteiger partial charge in [0.25, 0.3) is 0 Å². The Kier molecular flexibility index (Phi) is 9.44. The summed E-state index contributed by atoms with van der Waals surface area (Å²) in [6.45, 7) is 0.234. The Hall–Kier alpha value is -2.98. The molecule has 0 aliphatic rings. The molecule has 10 heteroatoms. The highest BCUT2D eigenvalue weighted by molar-refractivity contribution is 7.92. The van der Waals surface area contributed by atoms with Gasteiger partial charge < -0.3 is 25.0 Å². The molecule has 0 aliphatic carbocycles. The van der Waals surface area contributed by atoms with Gasteiger partial charge in [0.15, 0.2) is 11.5 Å². The van der Waals surface area contributed by atoms with Crippen molar-refractivity contribution in [1.82, 2.24) is 5.32 Å². The van der Waals surface area contributed by atoms with Crippen LogP contribution >= 0.6 is 11.6 Å². The van der Waals surface area contributed by atoms with Crippen LogP contribution in [-0.4, -0.2) is 51.8 Å². The van der Waals surface area contributed by atoms with Crippen molar-refractivity contribution in [2.24, 2.45) is 0 Å². The summed E-state index contributed by atoms with van der Waals surface area (Å²) < 4.78 is 36.2. The van der Waals surface area contributed by atoms with Crippen LogP contribution in [-0.2, 0) is 22.9 Å². The Morgan fingerprint density at radius 3 is 2.33 bits per heavy atom. The number of sulfonamides is 1. The van der Waals surface area contributed by atoms with Crippen molar-refractivity contribution in [2.75, 3.05) is 31.7 Å². The lowest BCUT2D eigenvalue weighted by Crippen LogP contribution is -2.33. The first-order chi connectivity index (χ1) is 17.1. The van der Waals surface area contributed by atoms with E-state index in [1.54, 1.807) is 19.2 Å². The lowest BCUT2D eigenvalue weighted by molar-refractivity contribution is 0.167. The Labute approximate surface area is 216 Å². The molecule has 0 saturated heterocycles. The van der Waals surface area contributed by atoms with Crippen molar-refractivity contribution in [3.05, 3.63) is 82.4 Å². The molecule has 3 aromatic rings. The zero-order valence-electron chi connectivity index (χ0n) is 20.4. The summed E-state index contributed by atoms with van der Waals surface area (Å²) >= 11 is 6.70. The van der Waals surface area contributed by atoms with Crippen molar-refractivity contribution in [2.45, 2.75) is 25.0 Å². The van der Waals surface area contributed by atoms with Crippen LogP contribution in [0.25, 0.3) is 0 Å². The van der Waals surface area contributed by atoms with Crippen LogP contribution in [0.4, 0.5) is 5.69 Å². The molecule has 0 saturated carbocycles. The van der Waals surface area contributed by atoms with Crippen LogP contribution in [0.15, 0.2) is 60.7 Å². The molecule has 0 aliphatic heterocycles. The molecule has 194 valence electrons. The smallest absolute Gasteiger partial charge is 0.229 e. The second kappa shape index (κ2) is 12.3. The van der Waals surface area contributed by atoms with Gasteiger partial charge in [0, 0.05) is 12.6 Å². The number of aromatic hydroxyl groups is 1. The molecule has 36 heavy (non-hydrogen) atoms. The highest BCUT2D eigenvalue weighted by Crippen LogP contribution is 2.40. The van der Waals surface area contributed by atoms with E-state index < -0.39 is 16.1 Å². The number of rotatable bonds is 12. The zero-order chi connectivity index (χ0) is 26.3. The summed E-state index contributed by atoms with van der Waals surface area (Å²) in [7, 11) is -0.483. The summed E-state index contributed by atoms with van der Waals surface area (Å²) in [6, 6.07) is 17.9. The van der Waals surface area contributed by atoms with Gasteiger partial charge in [-0.15, -0.1) is 0 Å². The van der Waals surface area contributed by atoms with Crippen LogP contribution in [0, 0.1) is 0 Å². The number of aliphatic hydroxyl groups is 1. The molecule has 0 radical (unpaired) electrons. The number of hydrogen-bond donors (Lipinski definition) is 4. The van der Waals surface area contributed by atoms with Crippen LogP contribution in [0.2, 0.25) is 5.02 Å². The summed E-state index contributed by atoms with van der Waals surface area (Å²) in [4.78, 5) is 0. The van der Waals surface area contributed by atoms with Gasteiger partial charge in [-0.05, 0) is 47.7 Å². The van der Waals surface area contributed by atoms with E-state index in [4.69, 9.17) is 21.1 Å². The molecule has 3 rings (SSSR count). The van der Waals surface area contributed by atoms with Crippen LogP contribution < -0.4 is 19.5 Å². The molecule has 4 N–H and O–H groups in total. The minimum absolute atomic E-state index is 0.0641. The number of phenolic OH excluding ortho intramolecular Hbond substituents is 1. The SMILES string of the molecule is COc1ccc([C@@H](Cc2ccccc2)NC[C@@H](O)Cc2ccc(O)c(NS(C)(=O)=O)c2)c(Cl)c1OC. The van der Waals surface area contributed by atoms with E-state index in [-0.39, 0.29) is 30.4 Å². The molecule has 0 fully saturated rings. The first kappa shape index (κ1) is 27.6. The number of benzene rings is 3. The molecule has 0 bridgehead atoms. The minimum atomic E-state index is -3.56. The first-order valence-electron chi connectivity index (χ1n) is 11.3. The van der Waals surface area contributed by atoms with Gasteiger partial charge in [-0.2, -0.15) is 0 Å². The van der Waals surface area contributed by atoms with Crippen molar-refractivity contribution in [3.8, 4) is 17.2 Å². The van der Waals surface area contributed by atoms with E-state index >= 15 is 0 Å². The quantitative estimate of drug-likeness (QED) is 0.260. The largest absolute Gasteiger partial charge is 0.506 e. The van der Waals surface area contributed by atoms with Crippen molar-refractivity contribution in [1.29, 1.82) is 0 Å². The number of hydrogen-bond acceptors (Lipinski definition) is 7. The number of anilines is 1. The summed E-state index contributed by atoms with van der Waals surface area (Å²) in [6.07, 6.45) is 1.07. The fraction of sp³-hybridized carbons (Fsp3) is 0.308. The third-order valence-electron chi connectivity index (χ3n) is 5.60. The number of aliphatic hydroxyl groups excluding tert-OH is 1. The van der Waals surface area contributed by atoms with E-state index in [9.17, 15) is 18.6 Å². The van der Waals surface area contributed by atoms with Gasteiger partial charge >= 0.3 is 0 Å². The fourth-order valence-corrected chi connectivity index (χ4v) is 4.86. The van der Waals surface area contributed by atoms with E-state index in [1.165, 1.54) is 19.2 Å². The van der Waals surface area contributed by atoms with Crippen molar-refractivity contribution in [3.63, 3.8) is 0 Å². The average molecular weight is 535 g/mol. The summed E-state index contributed by atoms with van der Waals surface area (Å²) in [5.41, 5.74) is 2.62. The topological polar surface area (TPSA) is 117 Å². The number of methoxy groups -OCH3 is 2. The molecule has 0 spiro atoms. The first-order valence-corrected chi connectivity index (χ1v) is 13.5. The lowest BCUT2D eigenvalue weighted by Gasteiger charge is -2.24. The van der Waals surface area contributed by atoms with E-state index in [1.807, 2.05) is 36.4 Å². The maximum atomic E-state index is 11.6. The molecular formula is C26H31ClN2O6S. The molecule has 0 aromatic heterocycles. The van der Waals surface area contributed by atoms with Crippen LogP contribution in [0.5, 0.6) is 17.2 Å². The number of phenols is 1. The van der Waals surface area contributed by atoms with Gasteiger partial charge in [-0.1, -0.05) is 54.1 Å². The molecule has 0 amide bonds. The predicted molar refractivity (Wildman–Crippen MR) is 142 cm³/mol. The Bertz CT molecular complexity index is 1270. The average Bonchev–Trinajstić information content (AvgIpc) is 2.83. The maximum absolute atomic E-state index is 11.6. The second-order valence-electron chi connectivity index (χ2n) is 8.44. The third-order valence-corrected chi connectivity index (χ3v) is 6.58. The molecule has 3 aromatic carbocycles. The molecule has 0 heterocycles. The van der Waals surface area contributed by atoms with Gasteiger partial charge in [0.05, 0.1) is 37.3 Å². The number of halogens is 1. The molecule has 8 nitrogen and oxygen atoms in total. The minimum Gasteiger partial charge on any atom is -0.506 e. The molecular weight excluding hydrogens is 504 g/mol. The summed E-state index contributed by atoms with van der Waals surface area (Å²) in [5.74, 6) is 0.769. The number of ether oxygens (including phenoxy) is 2. The monoisotopic (exact) mass is 534 g/mol. The van der Waals surface area contributed by atoms with Crippen molar-refractivity contribution < 1.29 is 28.1 Å². The predicted octanol–water partition coefficient (Wildman–Crippen LogP) is 3.91. The maximum Gasteiger partial charge on any atom is 0.229 e. The lowest BCUT2D eigenvalue weighted by atomic mass is 9.97. The summed E-state index contributed by atoms with van der Waals surface area (Å²) in [5, 5.41) is 24.5. The Balaban J connectivity index is 1.79. The second-order valence-corrected chi connectivity index (χ2v) is 10.6. The van der Waals surface area contributed by atoms with E-state index in [0.717, 1.165) is 17.4 Å². The normalized spacial score (nSPS) is 13.1. The van der Waals surface area contributed by atoms with E-state index in [0.29, 0.717) is 28.5 Å². The van der Waals surface area contributed by atoms with Crippen molar-refractivity contribution >= 4 is 27.3 Å². The van der Waals surface area contributed by atoms with Gasteiger partial charge in [-0.3, -0.25) is 4.72 Å². The Morgan fingerprint density at radius 2 is 1.69 bits per heavy atom. The van der Waals surface area contributed by atoms with Gasteiger partial charge in [-0.25, -0.2) is 8.42 Å². The highest BCUT2D eigenvalue weighted by Gasteiger charge is 2.22. The zero-order valence-corrected chi connectivity index (χ0v) is 21.9. The van der Waals surface area contributed by atoms with Crippen LogP contribution in [0.3, 0.4) is 0 Å².